The zero-order valence-corrected chi connectivity index (χ0v) is 16.5. The Bertz CT molecular complexity index is 919. The second kappa shape index (κ2) is 5.70. The van der Waals surface area contributed by atoms with Gasteiger partial charge in [0.1, 0.15) is 0 Å². The van der Waals surface area contributed by atoms with Gasteiger partial charge < -0.3 is 0 Å². The molecule has 0 atom stereocenters. The molecule has 0 N–H and O–H groups in total. The lowest BCUT2D eigenvalue weighted by atomic mass is 9.97. The van der Waals surface area contributed by atoms with Crippen molar-refractivity contribution in [2.45, 2.75) is 30.6 Å². The van der Waals surface area contributed by atoms with Crippen LogP contribution in [-0.4, -0.2) is 14.7 Å². The molecule has 124 valence electrons. The Morgan fingerprint density at radius 2 is 1.29 bits per heavy atom. The maximum Gasteiger partial charge on any atom is 0.175 e. The lowest BCUT2D eigenvalue weighted by Crippen LogP contribution is -1.97. The first-order valence-corrected chi connectivity index (χ1v) is 11.1. The van der Waals surface area contributed by atoms with E-state index in [0.717, 1.165) is 12.8 Å². The molecule has 0 radical (unpaired) electrons. The summed E-state index contributed by atoms with van der Waals surface area (Å²) in [5.41, 5.74) is 5.79. The van der Waals surface area contributed by atoms with E-state index in [0.29, 0.717) is 10.3 Å². The molecule has 0 saturated heterocycles. The van der Waals surface area contributed by atoms with E-state index in [1.165, 1.54) is 44.9 Å². The zero-order chi connectivity index (χ0) is 16.9. The van der Waals surface area contributed by atoms with Gasteiger partial charge in [-0.1, -0.05) is 24.3 Å². The molecule has 1 saturated carbocycles. The fourth-order valence-electron chi connectivity index (χ4n) is 3.66. The van der Waals surface area contributed by atoms with Gasteiger partial charge in [-0.25, -0.2) is 8.42 Å². The van der Waals surface area contributed by atoms with Gasteiger partial charge in [-0.3, -0.25) is 0 Å². The van der Waals surface area contributed by atoms with Crippen molar-refractivity contribution in [3.63, 3.8) is 0 Å². The van der Waals surface area contributed by atoms with E-state index in [1.807, 2.05) is 12.1 Å². The monoisotopic (exact) mass is 450 g/mol. The molecule has 0 amide bonds. The van der Waals surface area contributed by atoms with Gasteiger partial charge in [0.05, 0.1) is 4.90 Å². The fraction of sp³-hybridized carbons (Fsp3) is 0.300. The summed E-state index contributed by atoms with van der Waals surface area (Å²) in [7, 11) is -3.14. The van der Waals surface area contributed by atoms with Crippen LogP contribution in [0.4, 0.5) is 0 Å². The Balaban J connectivity index is 1.77. The largest absolute Gasteiger partial charge is 0.224 e. The van der Waals surface area contributed by atoms with Gasteiger partial charge >= 0.3 is 0 Å². The molecule has 0 aliphatic heterocycles. The van der Waals surface area contributed by atoms with Gasteiger partial charge in [0.2, 0.25) is 0 Å². The van der Waals surface area contributed by atoms with Gasteiger partial charge in [-0.05, 0) is 100 Å². The van der Waals surface area contributed by atoms with Crippen LogP contribution in [0.1, 0.15) is 36.8 Å². The molecule has 1 fully saturated rings. The minimum absolute atomic E-state index is 0.391. The van der Waals surface area contributed by atoms with E-state index in [9.17, 15) is 8.42 Å². The third-order valence-electron chi connectivity index (χ3n) is 5.25. The number of hydrogen-bond acceptors (Lipinski definition) is 2. The van der Waals surface area contributed by atoms with E-state index in [2.05, 4.69) is 46.9 Å². The summed E-state index contributed by atoms with van der Waals surface area (Å²) in [4.78, 5) is 0.391. The van der Waals surface area contributed by atoms with Crippen LogP contribution in [0, 0.1) is 8.99 Å². The standard InChI is InChI=1S/C20H19IO2S/c1-24(22,23)17-8-4-15(5-9-17)19-13-20(10-11-20)12-18(19)14-2-6-16(21)7-3-14/h2-9H,10-13H2,1H3. The van der Waals surface area contributed by atoms with Crippen molar-refractivity contribution in [3.05, 3.63) is 63.2 Å². The van der Waals surface area contributed by atoms with E-state index in [-0.39, 0.29) is 0 Å². The highest BCUT2D eigenvalue weighted by Gasteiger charge is 2.48. The summed E-state index contributed by atoms with van der Waals surface area (Å²) < 4.78 is 24.6. The van der Waals surface area contributed by atoms with Crippen molar-refractivity contribution in [2.75, 3.05) is 6.26 Å². The first kappa shape index (κ1) is 16.3. The second-order valence-corrected chi connectivity index (χ2v) is 10.4. The summed E-state index contributed by atoms with van der Waals surface area (Å²) in [5, 5.41) is 0. The SMILES string of the molecule is CS(=O)(=O)c1ccc(C2=C(c3ccc(I)cc3)CC3(CC3)C2)cc1. The summed E-state index contributed by atoms with van der Waals surface area (Å²) in [6, 6.07) is 16.2. The molecule has 0 aromatic heterocycles. The summed E-state index contributed by atoms with van der Waals surface area (Å²) in [6.07, 6.45) is 6.15. The topological polar surface area (TPSA) is 34.1 Å². The Labute approximate surface area is 157 Å². The highest BCUT2D eigenvalue weighted by molar-refractivity contribution is 14.1. The third kappa shape index (κ3) is 3.06. The average Bonchev–Trinajstić information content (AvgIpc) is 3.19. The summed E-state index contributed by atoms with van der Waals surface area (Å²) >= 11 is 2.33. The van der Waals surface area contributed by atoms with Crippen LogP contribution in [-0.2, 0) is 9.84 Å². The van der Waals surface area contributed by atoms with Crippen LogP contribution >= 0.6 is 22.6 Å². The van der Waals surface area contributed by atoms with Gasteiger partial charge in [-0.2, -0.15) is 0 Å². The number of sulfone groups is 1. The molecule has 4 heteroatoms. The van der Waals surface area contributed by atoms with Crippen LogP contribution in [0.2, 0.25) is 0 Å². The van der Waals surface area contributed by atoms with Crippen molar-refractivity contribution in [1.82, 2.24) is 0 Å². The molecule has 4 rings (SSSR count). The summed E-state index contributed by atoms with van der Waals surface area (Å²) in [5.74, 6) is 0. The van der Waals surface area contributed by atoms with Crippen molar-refractivity contribution in [1.29, 1.82) is 0 Å². The summed E-state index contributed by atoms with van der Waals surface area (Å²) in [6.45, 7) is 0. The minimum Gasteiger partial charge on any atom is -0.224 e. The van der Waals surface area contributed by atoms with Crippen LogP contribution < -0.4 is 0 Å². The Kier molecular flexibility index (Phi) is 3.88. The van der Waals surface area contributed by atoms with Crippen LogP contribution in [0.15, 0.2) is 53.4 Å². The van der Waals surface area contributed by atoms with Crippen molar-refractivity contribution in [2.24, 2.45) is 5.41 Å². The van der Waals surface area contributed by atoms with Crippen molar-refractivity contribution < 1.29 is 8.42 Å². The Morgan fingerprint density at radius 1 is 0.833 bits per heavy atom. The quantitative estimate of drug-likeness (QED) is 0.604. The first-order chi connectivity index (χ1) is 11.4. The maximum absolute atomic E-state index is 11.7. The van der Waals surface area contributed by atoms with Crippen molar-refractivity contribution in [3.8, 4) is 0 Å². The molecule has 2 aromatic carbocycles. The maximum atomic E-state index is 11.7. The number of hydrogen-bond donors (Lipinski definition) is 0. The second-order valence-electron chi connectivity index (χ2n) is 7.11. The predicted octanol–water partition coefficient (Wildman–Crippen LogP) is 5.18. The van der Waals surface area contributed by atoms with Crippen molar-refractivity contribution >= 4 is 43.6 Å². The van der Waals surface area contributed by atoms with Gasteiger partial charge in [0.25, 0.3) is 0 Å². The lowest BCUT2D eigenvalue weighted by molar-refractivity contribution is 0.568. The van der Waals surface area contributed by atoms with Gasteiger partial charge in [0.15, 0.2) is 9.84 Å². The van der Waals surface area contributed by atoms with Crippen LogP contribution in [0.5, 0.6) is 0 Å². The zero-order valence-electron chi connectivity index (χ0n) is 13.5. The molecular weight excluding hydrogens is 431 g/mol. The molecule has 24 heavy (non-hydrogen) atoms. The molecule has 1 spiro atoms. The van der Waals surface area contributed by atoms with Gasteiger partial charge in [0, 0.05) is 9.83 Å². The number of halogens is 1. The molecule has 2 aliphatic carbocycles. The van der Waals surface area contributed by atoms with E-state index >= 15 is 0 Å². The normalized spacial score (nSPS) is 19.1. The predicted molar refractivity (Wildman–Crippen MR) is 106 cm³/mol. The van der Waals surface area contributed by atoms with E-state index in [4.69, 9.17) is 0 Å². The number of allylic oxidation sites excluding steroid dienone is 2. The molecule has 0 bridgehead atoms. The molecule has 0 unspecified atom stereocenters. The smallest absolute Gasteiger partial charge is 0.175 e. The molecule has 2 aromatic rings. The highest BCUT2D eigenvalue weighted by Crippen LogP contribution is 2.63. The average molecular weight is 450 g/mol. The Morgan fingerprint density at radius 3 is 1.71 bits per heavy atom. The first-order valence-electron chi connectivity index (χ1n) is 8.15. The minimum atomic E-state index is -3.14. The lowest BCUT2D eigenvalue weighted by Gasteiger charge is -2.09. The van der Waals surface area contributed by atoms with E-state index < -0.39 is 9.84 Å². The Hall–Kier alpha value is -1.14. The molecular formula is C20H19IO2S. The molecule has 0 heterocycles. The van der Waals surface area contributed by atoms with Crippen LogP contribution in [0.25, 0.3) is 11.1 Å². The number of benzene rings is 2. The third-order valence-corrected chi connectivity index (χ3v) is 7.10. The fourth-order valence-corrected chi connectivity index (χ4v) is 4.65. The molecule has 2 aliphatic rings. The van der Waals surface area contributed by atoms with E-state index in [1.54, 1.807) is 12.1 Å². The van der Waals surface area contributed by atoms with Crippen LogP contribution in [0.3, 0.4) is 0 Å². The van der Waals surface area contributed by atoms with Gasteiger partial charge in [-0.15, -0.1) is 0 Å². The molecule has 2 nitrogen and oxygen atoms in total. The highest BCUT2D eigenvalue weighted by atomic mass is 127. The number of rotatable bonds is 3.